The van der Waals surface area contributed by atoms with E-state index in [0.717, 1.165) is 17.5 Å². The van der Waals surface area contributed by atoms with Crippen molar-refractivity contribution in [2.24, 2.45) is 0 Å². The van der Waals surface area contributed by atoms with Crippen molar-refractivity contribution in [3.8, 4) is 0 Å². The lowest BCUT2D eigenvalue weighted by Crippen LogP contribution is -2.47. The van der Waals surface area contributed by atoms with E-state index in [1.165, 1.54) is 6.20 Å². The molecule has 3 heterocycles. The highest BCUT2D eigenvalue weighted by molar-refractivity contribution is 7.18. The molecule has 0 atom stereocenters. The molecule has 0 radical (unpaired) electrons. The van der Waals surface area contributed by atoms with Crippen molar-refractivity contribution in [1.82, 2.24) is 14.8 Å². The SMILES string of the molecule is O=C(C(=CNc1ncc([N+](=O)[O-])s1)C(=O)N1CCOCC1)N1CCOCC1. The molecule has 0 saturated carbocycles. The van der Waals surface area contributed by atoms with Crippen molar-refractivity contribution in [2.45, 2.75) is 0 Å². The van der Waals surface area contributed by atoms with E-state index in [0.29, 0.717) is 52.6 Å². The maximum atomic E-state index is 12.9. The molecule has 0 aromatic carbocycles. The zero-order valence-corrected chi connectivity index (χ0v) is 15.3. The molecule has 2 amide bonds. The van der Waals surface area contributed by atoms with Crippen LogP contribution in [0.1, 0.15) is 0 Å². The Hall–Kier alpha value is -2.57. The second-order valence-electron chi connectivity index (χ2n) is 5.77. The van der Waals surface area contributed by atoms with Crippen LogP contribution in [0.5, 0.6) is 0 Å². The molecule has 11 nitrogen and oxygen atoms in total. The molecule has 2 saturated heterocycles. The van der Waals surface area contributed by atoms with Gasteiger partial charge in [0, 0.05) is 32.4 Å². The van der Waals surface area contributed by atoms with E-state index in [2.05, 4.69) is 10.3 Å². The summed E-state index contributed by atoms with van der Waals surface area (Å²) >= 11 is 0.822. The third-order valence-corrected chi connectivity index (χ3v) is 4.95. The van der Waals surface area contributed by atoms with Crippen LogP contribution in [-0.4, -0.2) is 84.1 Å². The largest absolute Gasteiger partial charge is 0.378 e. The van der Waals surface area contributed by atoms with Crippen molar-refractivity contribution < 1.29 is 24.0 Å². The maximum absolute atomic E-state index is 12.9. The average Bonchev–Trinajstić information content (AvgIpc) is 3.18. The first-order valence-corrected chi connectivity index (χ1v) is 9.19. The normalized spacial score (nSPS) is 17.3. The molecule has 12 heteroatoms. The monoisotopic (exact) mass is 397 g/mol. The zero-order valence-electron chi connectivity index (χ0n) is 14.5. The number of nitro groups is 1. The van der Waals surface area contributed by atoms with Gasteiger partial charge in [0.05, 0.1) is 31.4 Å². The molecule has 146 valence electrons. The number of nitrogens with one attached hydrogen (secondary N) is 1. The third-order valence-electron chi connectivity index (χ3n) is 4.07. The minimum Gasteiger partial charge on any atom is -0.378 e. The van der Waals surface area contributed by atoms with Crippen LogP contribution in [0.3, 0.4) is 0 Å². The molecule has 2 fully saturated rings. The highest BCUT2D eigenvalue weighted by atomic mass is 32.1. The Labute approximate surface area is 158 Å². The molecule has 0 unspecified atom stereocenters. The Bertz CT molecular complexity index is 707. The van der Waals surface area contributed by atoms with Gasteiger partial charge in [-0.3, -0.25) is 19.7 Å². The molecular weight excluding hydrogens is 378 g/mol. The Balaban J connectivity index is 1.79. The van der Waals surface area contributed by atoms with Gasteiger partial charge in [0.25, 0.3) is 11.8 Å². The minimum atomic E-state index is -0.550. The second kappa shape index (κ2) is 8.88. The van der Waals surface area contributed by atoms with E-state index in [4.69, 9.17) is 9.47 Å². The Morgan fingerprint density at radius 2 is 1.63 bits per heavy atom. The minimum absolute atomic E-state index is 0.0448. The zero-order chi connectivity index (χ0) is 19.2. The summed E-state index contributed by atoms with van der Waals surface area (Å²) in [6, 6.07) is 0. The van der Waals surface area contributed by atoms with Gasteiger partial charge < -0.3 is 24.6 Å². The van der Waals surface area contributed by atoms with Gasteiger partial charge >= 0.3 is 5.00 Å². The number of aromatic nitrogens is 1. The van der Waals surface area contributed by atoms with Crippen LogP contribution in [0.2, 0.25) is 0 Å². The predicted octanol–water partition coefficient (Wildman–Crippen LogP) is 0.0647. The lowest BCUT2D eigenvalue weighted by Gasteiger charge is -2.31. The average molecular weight is 397 g/mol. The number of nitrogens with zero attached hydrogens (tertiary/aromatic N) is 4. The predicted molar refractivity (Wildman–Crippen MR) is 95.3 cm³/mol. The van der Waals surface area contributed by atoms with E-state index in [9.17, 15) is 19.7 Å². The van der Waals surface area contributed by atoms with Gasteiger partial charge in [0.15, 0.2) is 5.13 Å². The first-order chi connectivity index (χ1) is 13.1. The Morgan fingerprint density at radius 3 is 2.07 bits per heavy atom. The number of thiazole rings is 1. The topological polar surface area (TPSA) is 127 Å². The molecule has 0 aliphatic carbocycles. The first kappa shape index (κ1) is 19.2. The number of hydrogen-bond acceptors (Lipinski definition) is 9. The van der Waals surface area contributed by atoms with Crippen molar-refractivity contribution in [2.75, 3.05) is 57.9 Å². The third kappa shape index (κ3) is 4.78. The number of ether oxygens (including phenoxy) is 2. The van der Waals surface area contributed by atoms with E-state index < -0.39 is 16.7 Å². The molecule has 1 aromatic heterocycles. The lowest BCUT2D eigenvalue weighted by atomic mass is 10.2. The van der Waals surface area contributed by atoms with Crippen LogP contribution in [-0.2, 0) is 19.1 Å². The number of rotatable bonds is 5. The van der Waals surface area contributed by atoms with Crippen molar-refractivity contribution in [3.05, 3.63) is 28.1 Å². The molecule has 27 heavy (non-hydrogen) atoms. The number of hydrogen-bond donors (Lipinski definition) is 1. The quantitative estimate of drug-likeness (QED) is 0.243. The van der Waals surface area contributed by atoms with Crippen molar-refractivity contribution >= 4 is 33.3 Å². The van der Waals surface area contributed by atoms with Gasteiger partial charge in [0.2, 0.25) is 0 Å². The standard InChI is InChI=1S/C15H19N5O6S/c21-13(18-1-5-25-6-2-18)11(14(22)19-3-7-26-8-4-19)9-16-15-17-10-12(27-15)20(23)24/h9-10H,1-8H2,(H,16,17). The van der Waals surface area contributed by atoms with Crippen LogP contribution in [0.15, 0.2) is 18.0 Å². The number of morpholine rings is 2. The summed E-state index contributed by atoms with van der Waals surface area (Å²) in [7, 11) is 0. The van der Waals surface area contributed by atoms with Crippen molar-refractivity contribution in [3.63, 3.8) is 0 Å². The fourth-order valence-electron chi connectivity index (χ4n) is 2.64. The van der Waals surface area contributed by atoms with Gasteiger partial charge in [-0.25, -0.2) is 4.98 Å². The summed E-state index contributed by atoms with van der Waals surface area (Å²) in [6.07, 6.45) is 2.40. The van der Waals surface area contributed by atoms with Gasteiger partial charge in [0.1, 0.15) is 11.8 Å². The van der Waals surface area contributed by atoms with E-state index in [1.807, 2.05) is 0 Å². The summed E-state index contributed by atoms with van der Waals surface area (Å²) in [4.78, 5) is 43.0. The number of carbonyl (C=O) groups excluding carboxylic acids is 2. The fourth-order valence-corrected chi connectivity index (χ4v) is 3.24. The van der Waals surface area contributed by atoms with Gasteiger partial charge in [-0.05, 0) is 11.3 Å². The van der Waals surface area contributed by atoms with E-state index >= 15 is 0 Å². The number of amides is 2. The first-order valence-electron chi connectivity index (χ1n) is 8.37. The van der Waals surface area contributed by atoms with Gasteiger partial charge in [-0.2, -0.15) is 0 Å². The number of carbonyl (C=O) groups is 2. The van der Waals surface area contributed by atoms with Gasteiger partial charge in [-0.15, -0.1) is 0 Å². The molecule has 1 aromatic rings. The fraction of sp³-hybridized carbons (Fsp3) is 0.533. The van der Waals surface area contributed by atoms with Crippen molar-refractivity contribution in [1.29, 1.82) is 0 Å². The van der Waals surface area contributed by atoms with Crippen LogP contribution in [0, 0.1) is 10.1 Å². The van der Waals surface area contributed by atoms with Crippen LogP contribution >= 0.6 is 11.3 Å². The van der Waals surface area contributed by atoms with E-state index in [1.54, 1.807) is 9.80 Å². The summed E-state index contributed by atoms with van der Waals surface area (Å²) in [6.45, 7) is 3.25. The van der Waals surface area contributed by atoms with Gasteiger partial charge in [-0.1, -0.05) is 0 Å². The second-order valence-corrected chi connectivity index (χ2v) is 6.78. The summed E-state index contributed by atoms with van der Waals surface area (Å²) in [5, 5.41) is 13.6. The highest BCUT2D eigenvalue weighted by Crippen LogP contribution is 2.25. The maximum Gasteiger partial charge on any atom is 0.345 e. The highest BCUT2D eigenvalue weighted by Gasteiger charge is 2.29. The van der Waals surface area contributed by atoms with E-state index in [-0.39, 0.29) is 15.7 Å². The number of anilines is 1. The molecule has 1 N–H and O–H groups in total. The van der Waals surface area contributed by atoms with Crippen LogP contribution in [0.25, 0.3) is 0 Å². The molecule has 0 spiro atoms. The molecule has 2 aliphatic rings. The van der Waals surface area contributed by atoms with Crippen LogP contribution in [0.4, 0.5) is 10.1 Å². The molecule has 3 rings (SSSR count). The Kier molecular flexibility index (Phi) is 6.32. The lowest BCUT2D eigenvalue weighted by molar-refractivity contribution is -0.380. The molecular formula is C15H19N5O6S. The molecule has 0 bridgehead atoms. The smallest absolute Gasteiger partial charge is 0.345 e. The summed E-state index contributed by atoms with van der Waals surface area (Å²) in [5.74, 6) is -0.818. The summed E-state index contributed by atoms with van der Waals surface area (Å²) in [5.41, 5.74) is -0.0448. The van der Waals surface area contributed by atoms with Crippen LogP contribution < -0.4 is 5.32 Å². The molecule has 2 aliphatic heterocycles. The Morgan fingerprint density at radius 1 is 1.11 bits per heavy atom. The summed E-state index contributed by atoms with van der Waals surface area (Å²) < 4.78 is 10.5.